The summed E-state index contributed by atoms with van der Waals surface area (Å²) in [5, 5.41) is 0.768. The molecule has 0 saturated carbocycles. The van der Waals surface area contributed by atoms with E-state index < -0.39 is 0 Å². The van der Waals surface area contributed by atoms with Crippen LogP contribution in [0.1, 0.15) is 19.4 Å². The molecule has 1 aromatic carbocycles. The second kappa shape index (κ2) is 5.90. The maximum Gasteiger partial charge on any atom is 0.101 e. The Kier molecular flexibility index (Phi) is 4.81. The van der Waals surface area contributed by atoms with E-state index in [2.05, 4.69) is 23.7 Å². The van der Waals surface area contributed by atoms with Gasteiger partial charge >= 0.3 is 0 Å². The second-order valence-electron chi connectivity index (χ2n) is 4.35. The summed E-state index contributed by atoms with van der Waals surface area (Å²) in [4.78, 5) is 6.69. The average molecular weight is 239 g/mol. The van der Waals surface area contributed by atoms with Gasteiger partial charge in [-0.25, -0.2) is 0 Å². The molecule has 0 heterocycles. The quantitative estimate of drug-likeness (QED) is 0.582. The van der Waals surface area contributed by atoms with E-state index in [1.54, 1.807) is 0 Å². The fourth-order valence-corrected chi connectivity index (χ4v) is 1.73. The van der Waals surface area contributed by atoms with Gasteiger partial charge in [0.25, 0.3) is 0 Å². The molecule has 0 bridgehead atoms. The van der Waals surface area contributed by atoms with Gasteiger partial charge in [0, 0.05) is 25.0 Å². The minimum atomic E-state index is 0.447. The van der Waals surface area contributed by atoms with Crippen LogP contribution in [0, 0.1) is 5.92 Å². The zero-order valence-corrected chi connectivity index (χ0v) is 11.1. The molecule has 0 aliphatic carbocycles. The smallest absolute Gasteiger partial charge is 0.101 e. The highest BCUT2D eigenvalue weighted by atomic mass is 35.5. The third-order valence-electron chi connectivity index (χ3n) is 2.31. The highest BCUT2D eigenvalue weighted by Crippen LogP contribution is 2.11. The molecule has 16 heavy (non-hydrogen) atoms. The lowest BCUT2D eigenvalue weighted by atomic mass is 10.2. The molecular weight excluding hydrogens is 220 g/mol. The highest BCUT2D eigenvalue weighted by molar-refractivity contribution is 6.30. The molecule has 0 aliphatic rings. The van der Waals surface area contributed by atoms with E-state index in [4.69, 9.17) is 11.6 Å². The monoisotopic (exact) mass is 238 g/mol. The Labute approximate surface area is 103 Å². The maximum atomic E-state index is 5.83. The summed E-state index contributed by atoms with van der Waals surface area (Å²) in [5.41, 5.74) is 1.18. The number of halogens is 1. The SMILES string of the molecule is CC(C)C(=NCc1ccc(Cl)cc1)N(C)C. The van der Waals surface area contributed by atoms with Gasteiger partial charge in [0.1, 0.15) is 5.84 Å². The molecule has 0 radical (unpaired) electrons. The van der Waals surface area contributed by atoms with Crippen LogP contribution in [0.2, 0.25) is 5.02 Å². The molecule has 0 fully saturated rings. The van der Waals surface area contributed by atoms with Crippen molar-refractivity contribution in [3.63, 3.8) is 0 Å². The lowest BCUT2D eigenvalue weighted by Crippen LogP contribution is -2.27. The molecule has 0 amide bonds. The molecule has 0 spiro atoms. The van der Waals surface area contributed by atoms with Crippen molar-refractivity contribution in [2.45, 2.75) is 20.4 Å². The Hall–Kier alpha value is -1.02. The van der Waals surface area contributed by atoms with Crippen LogP contribution in [-0.2, 0) is 6.54 Å². The predicted octanol–water partition coefficient (Wildman–Crippen LogP) is 3.46. The Morgan fingerprint density at radius 1 is 1.25 bits per heavy atom. The number of benzene rings is 1. The van der Waals surface area contributed by atoms with Crippen molar-refractivity contribution in [3.05, 3.63) is 34.9 Å². The summed E-state index contributed by atoms with van der Waals surface area (Å²) in [7, 11) is 4.06. The van der Waals surface area contributed by atoms with Gasteiger partial charge in [0.2, 0.25) is 0 Å². The number of hydrogen-bond acceptors (Lipinski definition) is 1. The third kappa shape index (κ3) is 3.86. The fourth-order valence-electron chi connectivity index (χ4n) is 1.60. The normalized spacial score (nSPS) is 12.0. The van der Waals surface area contributed by atoms with E-state index in [0.29, 0.717) is 12.5 Å². The maximum absolute atomic E-state index is 5.83. The average Bonchev–Trinajstić information content (AvgIpc) is 2.20. The standard InChI is InChI=1S/C13H19ClN2/c1-10(2)13(16(3)4)15-9-11-5-7-12(14)8-6-11/h5-8,10H,9H2,1-4H3. The summed E-state index contributed by atoms with van der Waals surface area (Å²) >= 11 is 5.83. The zero-order valence-electron chi connectivity index (χ0n) is 10.4. The Morgan fingerprint density at radius 3 is 2.25 bits per heavy atom. The molecule has 1 rings (SSSR count). The molecule has 0 N–H and O–H groups in total. The minimum Gasteiger partial charge on any atom is -0.366 e. The molecule has 0 saturated heterocycles. The van der Waals surface area contributed by atoms with Crippen molar-refractivity contribution >= 4 is 17.4 Å². The van der Waals surface area contributed by atoms with Gasteiger partial charge in [-0.05, 0) is 17.7 Å². The topological polar surface area (TPSA) is 15.6 Å². The minimum absolute atomic E-state index is 0.447. The summed E-state index contributed by atoms with van der Waals surface area (Å²) < 4.78 is 0. The van der Waals surface area contributed by atoms with E-state index in [0.717, 1.165) is 10.9 Å². The largest absolute Gasteiger partial charge is 0.366 e. The number of hydrogen-bond donors (Lipinski definition) is 0. The van der Waals surface area contributed by atoms with Crippen LogP contribution in [0.3, 0.4) is 0 Å². The van der Waals surface area contributed by atoms with Gasteiger partial charge in [-0.1, -0.05) is 37.6 Å². The molecule has 88 valence electrons. The Balaban J connectivity index is 2.73. The van der Waals surface area contributed by atoms with Gasteiger partial charge in [0.05, 0.1) is 6.54 Å². The van der Waals surface area contributed by atoms with E-state index in [1.165, 1.54) is 5.56 Å². The first-order valence-electron chi connectivity index (χ1n) is 5.47. The van der Waals surface area contributed by atoms with Crippen molar-refractivity contribution in [2.24, 2.45) is 10.9 Å². The zero-order chi connectivity index (χ0) is 12.1. The molecular formula is C13H19ClN2. The summed E-state index contributed by atoms with van der Waals surface area (Å²) in [5.74, 6) is 1.57. The first-order valence-corrected chi connectivity index (χ1v) is 5.84. The predicted molar refractivity (Wildman–Crippen MR) is 71.1 cm³/mol. The second-order valence-corrected chi connectivity index (χ2v) is 4.79. The molecule has 0 atom stereocenters. The van der Waals surface area contributed by atoms with Gasteiger partial charge in [0.15, 0.2) is 0 Å². The van der Waals surface area contributed by atoms with Crippen molar-refractivity contribution in [1.82, 2.24) is 4.90 Å². The van der Waals surface area contributed by atoms with Crippen molar-refractivity contribution < 1.29 is 0 Å². The van der Waals surface area contributed by atoms with Crippen LogP contribution in [0.5, 0.6) is 0 Å². The number of aliphatic imine (C=N–C) groups is 1. The molecule has 2 nitrogen and oxygen atoms in total. The van der Waals surface area contributed by atoms with Crippen LogP contribution in [-0.4, -0.2) is 24.8 Å². The van der Waals surface area contributed by atoms with E-state index in [-0.39, 0.29) is 0 Å². The van der Waals surface area contributed by atoms with Gasteiger partial charge < -0.3 is 4.90 Å². The molecule has 0 aliphatic heterocycles. The Morgan fingerprint density at radius 2 is 1.81 bits per heavy atom. The molecule has 1 aromatic rings. The van der Waals surface area contributed by atoms with Crippen LogP contribution in [0.4, 0.5) is 0 Å². The highest BCUT2D eigenvalue weighted by Gasteiger charge is 2.06. The fraction of sp³-hybridized carbons (Fsp3) is 0.462. The van der Waals surface area contributed by atoms with Crippen LogP contribution >= 0.6 is 11.6 Å². The summed E-state index contributed by atoms with van der Waals surface area (Å²) in [6, 6.07) is 7.83. The number of rotatable bonds is 3. The van der Waals surface area contributed by atoms with Crippen LogP contribution in [0.15, 0.2) is 29.3 Å². The van der Waals surface area contributed by atoms with E-state index >= 15 is 0 Å². The van der Waals surface area contributed by atoms with Crippen molar-refractivity contribution in [2.75, 3.05) is 14.1 Å². The summed E-state index contributed by atoms with van der Waals surface area (Å²) in [6.45, 7) is 5.02. The number of amidine groups is 1. The first kappa shape index (κ1) is 13.0. The van der Waals surface area contributed by atoms with E-state index in [9.17, 15) is 0 Å². The van der Waals surface area contributed by atoms with Crippen molar-refractivity contribution in [3.8, 4) is 0 Å². The lowest BCUT2D eigenvalue weighted by molar-refractivity contribution is 0.569. The van der Waals surface area contributed by atoms with E-state index in [1.807, 2.05) is 38.4 Å². The first-order chi connectivity index (χ1) is 7.50. The van der Waals surface area contributed by atoms with Gasteiger partial charge in [-0.15, -0.1) is 0 Å². The van der Waals surface area contributed by atoms with Gasteiger partial charge in [-0.3, -0.25) is 4.99 Å². The van der Waals surface area contributed by atoms with Crippen LogP contribution < -0.4 is 0 Å². The molecule has 0 unspecified atom stereocenters. The molecule has 0 aromatic heterocycles. The van der Waals surface area contributed by atoms with Crippen molar-refractivity contribution in [1.29, 1.82) is 0 Å². The summed E-state index contributed by atoms with van der Waals surface area (Å²) in [6.07, 6.45) is 0. The van der Waals surface area contributed by atoms with Gasteiger partial charge in [-0.2, -0.15) is 0 Å². The third-order valence-corrected chi connectivity index (χ3v) is 2.56. The lowest BCUT2D eigenvalue weighted by Gasteiger charge is -2.19. The molecule has 3 heteroatoms. The Bertz CT molecular complexity index is 343. The van der Waals surface area contributed by atoms with Crippen LogP contribution in [0.25, 0.3) is 0 Å². The number of nitrogens with zero attached hydrogens (tertiary/aromatic N) is 2.